The first kappa shape index (κ1) is 21.6. The number of carboxylic acids is 1. The highest BCUT2D eigenvalue weighted by molar-refractivity contribution is 6.01. The summed E-state index contributed by atoms with van der Waals surface area (Å²) in [7, 11) is 0. The van der Waals surface area contributed by atoms with Crippen LogP contribution in [0, 0.1) is 0 Å². The lowest BCUT2D eigenvalue weighted by atomic mass is 9.91. The number of carboxylic acid groups (broad SMARTS) is 1. The van der Waals surface area contributed by atoms with Crippen LogP contribution >= 0.6 is 0 Å². The smallest absolute Gasteiger partial charge is 0.475 e. The van der Waals surface area contributed by atoms with Crippen molar-refractivity contribution in [2.75, 3.05) is 18.4 Å². The Morgan fingerprint density at radius 1 is 1.18 bits per heavy atom. The van der Waals surface area contributed by atoms with Crippen LogP contribution in [0.15, 0.2) is 18.3 Å². The van der Waals surface area contributed by atoms with Crippen molar-refractivity contribution in [2.45, 2.75) is 43.8 Å². The van der Waals surface area contributed by atoms with Crippen LogP contribution < -0.4 is 16.0 Å². The molecular weight excluding hydrogens is 381 g/mol. The van der Waals surface area contributed by atoms with Crippen LogP contribution in [-0.4, -0.2) is 53.2 Å². The summed E-state index contributed by atoms with van der Waals surface area (Å²) in [4.78, 5) is 36.1. The van der Waals surface area contributed by atoms with Gasteiger partial charge in [-0.25, -0.2) is 9.78 Å². The van der Waals surface area contributed by atoms with E-state index in [2.05, 4.69) is 27.0 Å². The van der Waals surface area contributed by atoms with Gasteiger partial charge in [-0.3, -0.25) is 14.9 Å². The van der Waals surface area contributed by atoms with Crippen molar-refractivity contribution in [1.82, 2.24) is 15.6 Å². The van der Waals surface area contributed by atoms with Gasteiger partial charge in [0.15, 0.2) is 0 Å². The standard InChI is InChI=1S/C15H20N4O2.C2HF3O2/c20-14-4-2-12(15(21)19-14)18-13-3-1-11(9-17-13)10-5-7-16-8-6-10;3-2(4,5)1(6)7/h1,3,9-10,12,16H,2,4-8H2,(H,17,18)(H,19,20,21);(H,6,7). The van der Waals surface area contributed by atoms with E-state index in [1.807, 2.05) is 12.3 Å². The summed E-state index contributed by atoms with van der Waals surface area (Å²) >= 11 is 0. The van der Waals surface area contributed by atoms with Crippen LogP contribution in [0.1, 0.15) is 37.2 Å². The fraction of sp³-hybridized carbons (Fsp3) is 0.529. The van der Waals surface area contributed by atoms with E-state index in [-0.39, 0.29) is 17.9 Å². The average Bonchev–Trinajstić information content (AvgIpc) is 2.65. The molecule has 4 N–H and O–H groups in total. The fourth-order valence-corrected chi connectivity index (χ4v) is 2.90. The van der Waals surface area contributed by atoms with E-state index in [1.165, 1.54) is 5.56 Å². The predicted octanol–water partition coefficient (Wildman–Crippen LogP) is 1.40. The summed E-state index contributed by atoms with van der Waals surface area (Å²) in [5.41, 5.74) is 1.25. The molecule has 0 aliphatic carbocycles. The van der Waals surface area contributed by atoms with Crippen molar-refractivity contribution in [3.05, 3.63) is 23.9 Å². The molecule has 1 aromatic rings. The van der Waals surface area contributed by atoms with Crippen molar-refractivity contribution in [1.29, 1.82) is 0 Å². The third-order valence-electron chi connectivity index (χ3n) is 4.40. The van der Waals surface area contributed by atoms with Crippen LogP contribution in [0.5, 0.6) is 0 Å². The zero-order valence-electron chi connectivity index (χ0n) is 14.9. The van der Waals surface area contributed by atoms with E-state index in [0.29, 0.717) is 24.6 Å². The van der Waals surface area contributed by atoms with E-state index >= 15 is 0 Å². The summed E-state index contributed by atoms with van der Waals surface area (Å²) in [5, 5.41) is 15.9. The van der Waals surface area contributed by atoms with Crippen LogP contribution in [0.2, 0.25) is 0 Å². The number of piperidine rings is 2. The number of nitrogens with one attached hydrogen (secondary N) is 3. The van der Waals surface area contributed by atoms with Crippen LogP contribution in [0.3, 0.4) is 0 Å². The zero-order valence-corrected chi connectivity index (χ0v) is 14.9. The number of aromatic nitrogens is 1. The third-order valence-corrected chi connectivity index (χ3v) is 4.40. The van der Waals surface area contributed by atoms with Gasteiger partial charge in [-0.15, -0.1) is 0 Å². The molecule has 2 aliphatic rings. The number of rotatable bonds is 3. The molecule has 2 amide bonds. The van der Waals surface area contributed by atoms with Crippen molar-refractivity contribution in [2.24, 2.45) is 0 Å². The van der Waals surface area contributed by atoms with E-state index in [0.717, 1.165) is 25.9 Å². The van der Waals surface area contributed by atoms with Crippen molar-refractivity contribution < 1.29 is 32.7 Å². The highest BCUT2D eigenvalue weighted by atomic mass is 19.4. The molecule has 0 radical (unpaired) electrons. The Kier molecular flexibility index (Phi) is 7.32. The maximum Gasteiger partial charge on any atom is 0.490 e. The second kappa shape index (κ2) is 9.49. The lowest BCUT2D eigenvalue weighted by molar-refractivity contribution is -0.192. The number of anilines is 1. The van der Waals surface area contributed by atoms with Gasteiger partial charge < -0.3 is 15.7 Å². The van der Waals surface area contributed by atoms with Crippen LogP contribution in [0.4, 0.5) is 19.0 Å². The Morgan fingerprint density at radius 3 is 2.32 bits per heavy atom. The molecule has 0 saturated carbocycles. The van der Waals surface area contributed by atoms with Gasteiger partial charge in [0.2, 0.25) is 11.8 Å². The molecule has 2 fully saturated rings. The van der Waals surface area contributed by atoms with Crippen LogP contribution in [-0.2, 0) is 14.4 Å². The molecule has 0 aromatic carbocycles. The predicted molar refractivity (Wildman–Crippen MR) is 92.6 cm³/mol. The van der Waals surface area contributed by atoms with Gasteiger partial charge in [-0.1, -0.05) is 6.07 Å². The minimum absolute atomic E-state index is 0.202. The number of hydrogen-bond acceptors (Lipinski definition) is 6. The Labute approximate surface area is 158 Å². The molecule has 3 heterocycles. The first-order chi connectivity index (χ1) is 13.2. The molecule has 11 heteroatoms. The monoisotopic (exact) mass is 402 g/mol. The SMILES string of the molecule is O=C(O)C(F)(F)F.O=C1CCC(Nc2ccc(C3CCNCC3)cn2)C(=O)N1. The zero-order chi connectivity index (χ0) is 20.7. The molecule has 1 aromatic heterocycles. The van der Waals surface area contributed by atoms with Gasteiger partial charge in [0.05, 0.1) is 0 Å². The second-order valence-electron chi connectivity index (χ2n) is 6.45. The van der Waals surface area contributed by atoms with Gasteiger partial charge in [0, 0.05) is 12.6 Å². The molecule has 8 nitrogen and oxygen atoms in total. The first-order valence-electron chi connectivity index (χ1n) is 8.74. The number of imide groups is 1. The average molecular weight is 402 g/mol. The van der Waals surface area contributed by atoms with E-state index in [4.69, 9.17) is 9.90 Å². The number of pyridine rings is 1. The first-order valence-corrected chi connectivity index (χ1v) is 8.74. The van der Waals surface area contributed by atoms with Gasteiger partial charge in [0.1, 0.15) is 11.9 Å². The second-order valence-corrected chi connectivity index (χ2v) is 6.45. The number of hydrogen-bond donors (Lipinski definition) is 4. The van der Waals surface area contributed by atoms with Gasteiger partial charge in [0.25, 0.3) is 0 Å². The Morgan fingerprint density at radius 2 is 1.82 bits per heavy atom. The maximum atomic E-state index is 11.7. The number of halogens is 3. The molecule has 1 atom stereocenters. The van der Waals surface area contributed by atoms with E-state index < -0.39 is 12.1 Å². The minimum Gasteiger partial charge on any atom is -0.475 e. The van der Waals surface area contributed by atoms with E-state index in [9.17, 15) is 22.8 Å². The molecular formula is C17H21F3N4O4. The topological polar surface area (TPSA) is 120 Å². The molecule has 154 valence electrons. The number of carbonyl (C=O) groups excluding carboxylic acids is 2. The van der Waals surface area contributed by atoms with Crippen molar-refractivity contribution >= 4 is 23.6 Å². The maximum absolute atomic E-state index is 11.7. The summed E-state index contributed by atoms with van der Waals surface area (Å²) in [6.45, 7) is 2.11. The number of aliphatic carboxylic acids is 1. The van der Waals surface area contributed by atoms with Gasteiger partial charge in [-0.2, -0.15) is 13.2 Å². The lowest BCUT2D eigenvalue weighted by Gasteiger charge is -2.24. The number of alkyl halides is 3. The quantitative estimate of drug-likeness (QED) is 0.564. The minimum atomic E-state index is -5.08. The summed E-state index contributed by atoms with van der Waals surface area (Å²) in [6.07, 6.45) is -0.0215. The normalized spacial score (nSPS) is 20.6. The molecule has 0 spiro atoms. The van der Waals surface area contributed by atoms with Gasteiger partial charge in [-0.05, 0) is 49.9 Å². The van der Waals surface area contributed by atoms with Crippen LogP contribution in [0.25, 0.3) is 0 Å². The molecule has 2 aliphatic heterocycles. The van der Waals surface area contributed by atoms with Gasteiger partial charge >= 0.3 is 12.1 Å². The van der Waals surface area contributed by atoms with Crippen molar-refractivity contribution in [3.63, 3.8) is 0 Å². The lowest BCUT2D eigenvalue weighted by Crippen LogP contribution is -2.47. The van der Waals surface area contributed by atoms with E-state index in [1.54, 1.807) is 0 Å². The number of nitrogens with zero attached hydrogens (tertiary/aromatic N) is 1. The molecule has 0 bridgehead atoms. The molecule has 28 heavy (non-hydrogen) atoms. The summed E-state index contributed by atoms with van der Waals surface area (Å²) in [5.74, 6) is -1.97. The number of carbonyl (C=O) groups is 3. The molecule has 2 saturated heterocycles. The van der Waals surface area contributed by atoms with Crippen molar-refractivity contribution in [3.8, 4) is 0 Å². The molecule has 1 unspecified atom stereocenters. The third kappa shape index (κ3) is 6.48. The largest absolute Gasteiger partial charge is 0.490 e. The summed E-state index contributed by atoms with van der Waals surface area (Å²) in [6, 6.07) is 3.62. The molecule has 3 rings (SSSR count). The highest BCUT2D eigenvalue weighted by Gasteiger charge is 2.38. The number of amides is 2. The Bertz CT molecular complexity index is 703. The summed E-state index contributed by atoms with van der Waals surface area (Å²) < 4.78 is 31.7. The Hall–Kier alpha value is -2.69. The Balaban J connectivity index is 0.000000345. The highest BCUT2D eigenvalue weighted by Crippen LogP contribution is 2.25. The fourth-order valence-electron chi connectivity index (χ4n) is 2.90.